The lowest BCUT2D eigenvalue weighted by molar-refractivity contribution is 0.448. The predicted octanol–water partition coefficient (Wildman–Crippen LogP) is 15.4. The molecule has 0 fully saturated rings. The third kappa shape index (κ3) is 7.13. The summed E-state index contributed by atoms with van der Waals surface area (Å²) in [5.41, 5.74) is 14.2. The van der Waals surface area contributed by atoms with Gasteiger partial charge >= 0.3 is 0 Å². The van der Waals surface area contributed by atoms with Crippen LogP contribution in [0.15, 0.2) is 221 Å². The lowest BCUT2D eigenvalue weighted by Gasteiger charge is -2.38. The third-order valence-electron chi connectivity index (χ3n) is 15.1. The topological polar surface area (TPSA) is 28.4 Å². The van der Waals surface area contributed by atoms with E-state index in [1.807, 2.05) is 48.5 Å². The number of fused-ring (bicyclic) bond motifs is 3. The number of halogens is 1. The molecule has 9 aromatic rings. The second-order valence-electron chi connectivity index (χ2n) is 19.1. The molecule has 4 aliphatic carbocycles. The fourth-order valence-electron chi connectivity index (χ4n) is 11.9. The highest BCUT2D eigenvalue weighted by Crippen LogP contribution is 2.50. The van der Waals surface area contributed by atoms with E-state index < -0.39 is 0 Å². The van der Waals surface area contributed by atoms with Crippen LogP contribution >= 0.6 is 0 Å². The molecular weight excluding hydrogens is 844 g/mol. The molecule has 0 amide bonds. The third-order valence-corrected chi connectivity index (χ3v) is 15.1. The maximum Gasteiger partial charge on any atom is 0.159 e. The number of rotatable bonds is 9. The molecule has 4 atom stereocenters. The smallest absolute Gasteiger partial charge is 0.159 e. The van der Waals surface area contributed by atoms with Gasteiger partial charge in [0, 0.05) is 34.3 Å². The monoisotopic (exact) mass is 894 g/mol. The Bertz CT molecular complexity index is 3750. The van der Waals surface area contributed by atoms with Crippen LogP contribution in [0, 0.1) is 5.82 Å². The van der Waals surface area contributed by atoms with Gasteiger partial charge in [-0.15, -0.1) is 0 Å². The highest BCUT2D eigenvalue weighted by molar-refractivity contribution is 6.10. The van der Waals surface area contributed by atoms with E-state index in [4.69, 9.17) is 4.42 Å². The van der Waals surface area contributed by atoms with E-state index in [-0.39, 0.29) is 29.9 Å². The summed E-state index contributed by atoms with van der Waals surface area (Å²) < 4.78 is 24.9. The standard InChI is InChI=1S/C65H51FN2O/c1-41-37-48(42-17-6-2-7-18-42)38-54(44-21-10-4-11-22-44)63(41)67-57-35-31-46-30-34-53-58(36-32-47-29-33-52(57)61(46)62(47)53)68(59-27-16-26-51-50-25-14-15-28-60(50)69-65(51)59)64-55(45-23-12-5-13-24-45)39-49(40-56(64)66)43-19-8-3-9-20-43/h3-6,8-34,37-40,54,57-58,63,67H,2,7,35-36H2,1H3. The Kier molecular flexibility index (Phi) is 10.2. The van der Waals surface area contributed by atoms with Crippen molar-refractivity contribution >= 4 is 56.2 Å². The van der Waals surface area contributed by atoms with Gasteiger partial charge in [0.1, 0.15) is 11.4 Å². The number of furan rings is 1. The lowest BCUT2D eigenvalue weighted by atomic mass is 9.78. The van der Waals surface area contributed by atoms with E-state index in [2.05, 4.69) is 175 Å². The van der Waals surface area contributed by atoms with Crippen molar-refractivity contribution in [3.63, 3.8) is 0 Å². The van der Waals surface area contributed by atoms with E-state index in [1.54, 1.807) is 6.07 Å². The Morgan fingerprint density at radius 1 is 0.609 bits per heavy atom. The van der Waals surface area contributed by atoms with Crippen molar-refractivity contribution in [3.05, 3.63) is 250 Å². The second-order valence-corrected chi connectivity index (χ2v) is 19.1. The molecule has 0 spiro atoms. The van der Waals surface area contributed by atoms with Crippen LogP contribution in [0.1, 0.15) is 67.3 Å². The van der Waals surface area contributed by atoms with Gasteiger partial charge in [-0.2, -0.15) is 0 Å². The summed E-state index contributed by atoms with van der Waals surface area (Å²) in [6, 6.07) is 59.1. The Balaban J connectivity index is 0.982. The molecule has 0 bridgehead atoms. The summed E-state index contributed by atoms with van der Waals surface area (Å²) in [7, 11) is 0. The van der Waals surface area contributed by atoms with Gasteiger partial charge in [-0.25, -0.2) is 4.39 Å². The summed E-state index contributed by atoms with van der Waals surface area (Å²) in [5.74, 6) is -0.121. The molecule has 4 aliphatic rings. The minimum Gasteiger partial charge on any atom is -0.454 e. The van der Waals surface area contributed by atoms with Crippen LogP contribution in [0.4, 0.5) is 15.8 Å². The van der Waals surface area contributed by atoms with Crippen LogP contribution in [0.25, 0.3) is 67.1 Å². The van der Waals surface area contributed by atoms with Crippen molar-refractivity contribution in [1.29, 1.82) is 0 Å². The van der Waals surface area contributed by atoms with Gasteiger partial charge in [0.2, 0.25) is 0 Å². The molecule has 0 aliphatic heterocycles. The average molecular weight is 895 g/mol. The van der Waals surface area contributed by atoms with Crippen LogP contribution in [-0.2, 0) is 0 Å². The van der Waals surface area contributed by atoms with Crippen LogP contribution in [0.2, 0.25) is 0 Å². The summed E-state index contributed by atoms with van der Waals surface area (Å²) in [5, 5.41) is 11.3. The van der Waals surface area contributed by atoms with Crippen molar-refractivity contribution in [1.82, 2.24) is 5.32 Å². The molecule has 1 N–H and O–H groups in total. The van der Waals surface area contributed by atoms with Gasteiger partial charge in [0.15, 0.2) is 5.58 Å². The molecule has 3 nitrogen and oxygen atoms in total. The molecule has 13 rings (SSSR count). The zero-order valence-electron chi connectivity index (χ0n) is 38.6. The first-order valence-corrected chi connectivity index (χ1v) is 24.5. The van der Waals surface area contributed by atoms with Crippen LogP contribution < -0.4 is 20.7 Å². The first kappa shape index (κ1) is 41.4. The van der Waals surface area contributed by atoms with E-state index in [0.717, 1.165) is 69.1 Å². The predicted molar refractivity (Wildman–Crippen MR) is 284 cm³/mol. The zero-order chi connectivity index (χ0) is 46.0. The van der Waals surface area contributed by atoms with Crippen molar-refractivity contribution in [2.24, 2.45) is 0 Å². The summed E-state index contributed by atoms with van der Waals surface area (Å²) in [6.45, 7) is 2.30. The number of nitrogens with one attached hydrogen (secondary N) is 1. The SMILES string of the molecule is CC1=CC(C2=CCCC=C2)=CC(c2ccccc2)C1NC1CC=c2ccc3c4c(ccc1c24)=CCC3N(c1c(F)cc(-c2ccccc2)cc1-c1ccccc1)c1cccc2c1oc1ccccc12. The Hall–Kier alpha value is -7.79. The molecule has 0 saturated carbocycles. The average Bonchev–Trinajstić information content (AvgIpc) is 3.80. The van der Waals surface area contributed by atoms with E-state index in [9.17, 15) is 0 Å². The van der Waals surface area contributed by atoms with Crippen LogP contribution in [0.3, 0.4) is 0 Å². The largest absolute Gasteiger partial charge is 0.454 e. The number of nitrogens with zero attached hydrogens (tertiary/aromatic N) is 1. The molecule has 1 heterocycles. The Morgan fingerprint density at radius 3 is 2.09 bits per heavy atom. The first-order chi connectivity index (χ1) is 34.1. The normalized spacial score (nSPS) is 19.4. The van der Waals surface area contributed by atoms with Gasteiger partial charge in [-0.1, -0.05) is 194 Å². The van der Waals surface area contributed by atoms with E-state index in [1.165, 1.54) is 54.6 Å². The molecule has 1 aromatic heterocycles. The van der Waals surface area contributed by atoms with Gasteiger partial charge in [0.05, 0.1) is 17.4 Å². The maximum absolute atomic E-state index is 18.0. The first-order valence-electron chi connectivity index (χ1n) is 24.5. The highest BCUT2D eigenvalue weighted by Gasteiger charge is 2.35. The van der Waals surface area contributed by atoms with Crippen LogP contribution in [-0.4, -0.2) is 6.04 Å². The minimum absolute atomic E-state index is 0.0820. The van der Waals surface area contributed by atoms with E-state index >= 15 is 4.39 Å². The Morgan fingerprint density at radius 2 is 1.30 bits per heavy atom. The fraction of sp³-hybridized carbons (Fsp3) is 0.138. The number of para-hydroxylation sites is 2. The quantitative estimate of drug-likeness (QED) is 0.156. The molecule has 334 valence electrons. The van der Waals surface area contributed by atoms with Gasteiger partial charge in [-0.05, 0) is 123 Å². The lowest BCUT2D eigenvalue weighted by Crippen LogP contribution is -2.41. The van der Waals surface area contributed by atoms with Gasteiger partial charge < -0.3 is 14.6 Å². The van der Waals surface area contributed by atoms with E-state index in [0.29, 0.717) is 12.1 Å². The fourth-order valence-corrected chi connectivity index (χ4v) is 11.9. The van der Waals surface area contributed by atoms with Crippen molar-refractivity contribution < 1.29 is 8.81 Å². The van der Waals surface area contributed by atoms with Gasteiger partial charge in [0.25, 0.3) is 0 Å². The summed E-state index contributed by atoms with van der Waals surface area (Å²) in [6.07, 6.45) is 20.4. The molecular formula is C65H51FN2O. The molecule has 8 aromatic carbocycles. The molecule has 4 unspecified atom stereocenters. The Labute approximate surface area is 402 Å². The van der Waals surface area contributed by atoms with Gasteiger partial charge in [-0.3, -0.25) is 0 Å². The van der Waals surface area contributed by atoms with Crippen LogP contribution in [0.5, 0.6) is 0 Å². The number of hydrogen-bond acceptors (Lipinski definition) is 3. The second kappa shape index (κ2) is 17.1. The molecule has 69 heavy (non-hydrogen) atoms. The zero-order valence-corrected chi connectivity index (χ0v) is 38.6. The molecule has 0 saturated heterocycles. The summed E-state index contributed by atoms with van der Waals surface area (Å²) in [4.78, 5) is 2.27. The molecule has 4 heteroatoms. The van der Waals surface area contributed by atoms with Crippen molar-refractivity contribution in [2.75, 3.05) is 4.90 Å². The maximum atomic E-state index is 18.0. The number of allylic oxidation sites excluding steroid dienone is 6. The number of anilines is 2. The number of hydrogen-bond donors (Lipinski definition) is 1. The number of benzene rings is 8. The minimum atomic E-state index is -0.286. The highest BCUT2D eigenvalue weighted by atomic mass is 19.1. The van der Waals surface area contributed by atoms with Crippen molar-refractivity contribution in [3.8, 4) is 22.3 Å². The molecule has 0 radical (unpaired) electrons. The van der Waals surface area contributed by atoms with Crippen molar-refractivity contribution in [2.45, 2.75) is 56.7 Å². The summed E-state index contributed by atoms with van der Waals surface area (Å²) >= 11 is 0.